The molecule has 3 heterocycles. The second-order valence-corrected chi connectivity index (χ2v) is 8.71. The van der Waals surface area contributed by atoms with Gasteiger partial charge in [-0.3, -0.25) is 9.48 Å². The highest BCUT2D eigenvalue weighted by atomic mass is 32.1. The van der Waals surface area contributed by atoms with Gasteiger partial charge in [0, 0.05) is 23.3 Å². The summed E-state index contributed by atoms with van der Waals surface area (Å²) in [7, 11) is 0. The van der Waals surface area contributed by atoms with Crippen LogP contribution in [0.15, 0.2) is 88.9 Å². The van der Waals surface area contributed by atoms with E-state index in [1.165, 1.54) is 0 Å². The quantitative estimate of drug-likeness (QED) is 0.350. The average Bonchev–Trinajstić information content (AvgIpc) is 3.60. The average molecular weight is 455 g/mol. The van der Waals surface area contributed by atoms with E-state index in [9.17, 15) is 4.79 Å². The number of thiazole rings is 1. The molecule has 0 unspecified atom stereocenters. The predicted molar refractivity (Wildman–Crippen MR) is 129 cm³/mol. The number of carbonyl (C=O) groups is 1. The Morgan fingerprint density at radius 1 is 1.06 bits per heavy atom. The van der Waals surface area contributed by atoms with Crippen LogP contribution in [0.1, 0.15) is 26.7 Å². The molecule has 1 amide bonds. The molecule has 6 nitrogen and oxygen atoms in total. The normalized spacial score (nSPS) is 10.9. The summed E-state index contributed by atoms with van der Waals surface area (Å²) in [4.78, 5) is 17.4. The van der Waals surface area contributed by atoms with E-state index >= 15 is 0 Å². The lowest BCUT2D eigenvalue weighted by Gasteiger charge is -2.11. The molecule has 3 aromatic heterocycles. The van der Waals surface area contributed by atoms with Gasteiger partial charge in [0.05, 0.1) is 18.1 Å². The Bertz CT molecular complexity index is 1370. The van der Waals surface area contributed by atoms with Gasteiger partial charge in [0.2, 0.25) is 0 Å². The van der Waals surface area contributed by atoms with Crippen molar-refractivity contribution in [2.45, 2.75) is 20.0 Å². The fraction of sp³-hybridized carbons (Fsp3) is 0.115. The van der Waals surface area contributed by atoms with Crippen molar-refractivity contribution in [1.29, 1.82) is 0 Å². The minimum Gasteiger partial charge on any atom is -0.458 e. The van der Waals surface area contributed by atoms with Crippen LogP contribution < -0.4 is 5.32 Å². The Kier molecular flexibility index (Phi) is 5.87. The molecule has 0 bridgehead atoms. The lowest BCUT2D eigenvalue weighted by atomic mass is 9.98. The van der Waals surface area contributed by atoms with Crippen LogP contribution in [0.5, 0.6) is 0 Å². The third-order valence-electron chi connectivity index (χ3n) is 5.30. The molecule has 0 atom stereocenters. The molecule has 5 rings (SSSR count). The van der Waals surface area contributed by atoms with E-state index in [2.05, 4.69) is 27.5 Å². The van der Waals surface area contributed by atoms with Gasteiger partial charge >= 0.3 is 0 Å². The topological polar surface area (TPSA) is 73.0 Å². The first kappa shape index (κ1) is 20.9. The Balaban J connectivity index is 1.28. The summed E-state index contributed by atoms with van der Waals surface area (Å²) in [5.74, 6) is 1.25. The summed E-state index contributed by atoms with van der Waals surface area (Å²) in [6.45, 7) is 2.97. The SMILES string of the molecule is Cc1nc(-c2ccc(CNC(=O)c3ccccc3-c3ccc(Cn4cccn4)cc3)o2)cs1. The summed E-state index contributed by atoms with van der Waals surface area (Å²) in [6, 6.07) is 21.5. The van der Waals surface area contributed by atoms with Crippen molar-refractivity contribution in [2.75, 3.05) is 0 Å². The summed E-state index contributed by atoms with van der Waals surface area (Å²) in [5, 5.41) is 10.2. The zero-order valence-corrected chi connectivity index (χ0v) is 18.9. The number of nitrogens with one attached hydrogen (secondary N) is 1. The van der Waals surface area contributed by atoms with Gasteiger partial charge in [-0.15, -0.1) is 11.3 Å². The maximum atomic E-state index is 13.0. The van der Waals surface area contributed by atoms with Crippen LogP contribution in [0.2, 0.25) is 0 Å². The Hall–Kier alpha value is -3.97. The molecule has 5 aromatic rings. The van der Waals surface area contributed by atoms with Crippen molar-refractivity contribution in [1.82, 2.24) is 20.1 Å². The van der Waals surface area contributed by atoms with Gasteiger partial charge < -0.3 is 9.73 Å². The molecule has 0 aliphatic carbocycles. The van der Waals surface area contributed by atoms with Crippen molar-refractivity contribution in [3.05, 3.63) is 106 Å². The third-order valence-corrected chi connectivity index (χ3v) is 6.07. The molecule has 0 saturated carbocycles. The molecule has 164 valence electrons. The van der Waals surface area contributed by atoms with Crippen molar-refractivity contribution >= 4 is 17.2 Å². The van der Waals surface area contributed by atoms with Crippen molar-refractivity contribution in [3.63, 3.8) is 0 Å². The number of benzene rings is 2. The highest BCUT2D eigenvalue weighted by Crippen LogP contribution is 2.26. The fourth-order valence-electron chi connectivity index (χ4n) is 3.65. The number of nitrogens with zero attached hydrogens (tertiary/aromatic N) is 3. The van der Waals surface area contributed by atoms with Gasteiger partial charge in [-0.1, -0.05) is 42.5 Å². The molecule has 0 spiro atoms. The van der Waals surface area contributed by atoms with E-state index in [0.717, 1.165) is 27.4 Å². The van der Waals surface area contributed by atoms with Gasteiger partial charge in [-0.05, 0) is 47.9 Å². The molecule has 2 aromatic carbocycles. The standard InChI is InChI=1S/C26H22N4O2S/c1-18-29-24(17-33-18)25-12-11-21(32-25)15-27-26(31)23-6-3-2-5-22(23)20-9-7-19(8-10-20)16-30-14-4-13-28-30/h2-14,17H,15-16H2,1H3,(H,27,31). The lowest BCUT2D eigenvalue weighted by Crippen LogP contribution is -2.23. The number of hydrogen-bond donors (Lipinski definition) is 1. The molecule has 0 aliphatic heterocycles. The fourth-order valence-corrected chi connectivity index (χ4v) is 4.26. The van der Waals surface area contributed by atoms with Crippen LogP contribution in [0.25, 0.3) is 22.6 Å². The minimum atomic E-state index is -0.145. The monoisotopic (exact) mass is 454 g/mol. The van der Waals surface area contributed by atoms with Gasteiger partial charge in [0.15, 0.2) is 5.76 Å². The van der Waals surface area contributed by atoms with E-state index in [0.29, 0.717) is 30.2 Å². The molecular formula is C26H22N4O2S. The Labute approximate surface area is 195 Å². The van der Waals surface area contributed by atoms with Crippen LogP contribution in [0.4, 0.5) is 0 Å². The maximum Gasteiger partial charge on any atom is 0.252 e. The molecular weight excluding hydrogens is 432 g/mol. The van der Waals surface area contributed by atoms with E-state index in [-0.39, 0.29) is 5.91 Å². The van der Waals surface area contributed by atoms with E-state index < -0.39 is 0 Å². The van der Waals surface area contributed by atoms with Crippen LogP contribution >= 0.6 is 11.3 Å². The number of carbonyl (C=O) groups excluding carboxylic acids is 1. The summed E-state index contributed by atoms with van der Waals surface area (Å²) in [5.41, 5.74) is 4.46. The maximum absolute atomic E-state index is 13.0. The van der Waals surface area contributed by atoms with Crippen LogP contribution in [0, 0.1) is 6.92 Å². The molecule has 1 N–H and O–H groups in total. The molecule has 7 heteroatoms. The summed E-state index contributed by atoms with van der Waals surface area (Å²) >= 11 is 1.58. The van der Waals surface area contributed by atoms with Gasteiger partial charge in [0.1, 0.15) is 11.5 Å². The van der Waals surface area contributed by atoms with Crippen molar-refractivity contribution < 1.29 is 9.21 Å². The summed E-state index contributed by atoms with van der Waals surface area (Å²) in [6.07, 6.45) is 3.71. The van der Waals surface area contributed by atoms with Crippen LogP contribution in [-0.4, -0.2) is 20.7 Å². The number of hydrogen-bond acceptors (Lipinski definition) is 5. The second-order valence-electron chi connectivity index (χ2n) is 7.65. The second kappa shape index (κ2) is 9.26. The minimum absolute atomic E-state index is 0.145. The summed E-state index contributed by atoms with van der Waals surface area (Å²) < 4.78 is 7.74. The van der Waals surface area contributed by atoms with E-state index in [4.69, 9.17) is 4.42 Å². The largest absolute Gasteiger partial charge is 0.458 e. The van der Waals surface area contributed by atoms with E-state index in [1.807, 2.05) is 77.8 Å². The van der Waals surface area contributed by atoms with Gasteiger partial charge in [-0.2, -0.15) is 5.10 Å². The molecule has 0 saturated heterocycles. The first-order valence-electron chi connectivity index (χ1n) is 10.6. The molecule has 0 aliphatic rings. The lowest BCUT2D eigenvalue weighted by molar-refractivity contribution is 0.0949. The first-order chi connectivity index (χ1) is 16.2. The van der Waals surface area contributed by atoms with Gasteiger partial charge in [-0.25, -0.2) is 4.98 Å². The highest BCUT2D eigenvalue weighted by molar-refractivity contribution is 7.09. The molecule has 33 heavy (non-hydrogen) atoms. The smallest absolute Gasteiger partial charge is 0.252 e. The third kappa shape index (κ3) is 4.78. The number of aryl methyl sites for hydroxylation is 1. The van der Waals surface area contributed by atoms with E-state index in [1.54, 1.807) is 17.5 Å². The van der Waals surface area contributed by atoms with Crippen molar-refractivity contribution in [3.8, 4) is 22.6 Å². The molecule has 0 radical (unpaired) electrons. The molecule has 0 fully saturated rings. The highest BCUT2D eigenvalue weighted by Gasteiger charge is 2.14. The van der Waals surface area contributed by atoms with Gasteiger partial charge in [0.25, 0.3) is 5.91 Å². The Morgan fingerprint density at radius 3 is 2.67 bits per heavy atom. The van der Waals surface area contributed by atoms with Crippen molar-refractivity contribution in [2.24, 2.45) is 0 Å². The van der Waals surface area contributed by atoms with Crippen LogP contribution in [0.3, 0.4) is 0 Å². The number of rotatable bonds is 7. The van der Waals surface area contributed by atoms with Crippen LogP contribution in [-0.2, 0) is 13.1 Å². The zero-order chi connectivity index (χ0) is 22.6. The zero-order valence-electron chi connectivity index (χ0n) is 18.1. The Morgan fingerprint density at radius 2 is 1.91 bits per heavy atom. The first-order valence-corrected chi connectivity index (χ1v) is 11.5. The number of furan rings is 1. The number of amides is 1. The number of aromatic nitrogens is 3. The predicted octanol–water partition coefficient (Wildman–Crippen LogP) is 5.55.